The molecule has 6 heteroatoms. The van der Waals surface area contributed by atoms with Crippen LogP contribution in [0.5, 0.6) is 0 Å². The van der Waals surface area contributed by atoms with Crippen LogP contribution in [0.2, 0.25) is 0 Å². The number of anilines is 1. The SMILES string of the molecule is O=C(C1=CC(O)Nc2ccccc21)N1CCN(CCO)CC1. The first-order valence-corrected chi connectivity index (χ1v) is 7.57. The van der Waals surface area contributed by atoms with Crippen molar-refractivity contribution in [3.05, 3.63) is 35.9 Å². The summed E-state index contributed by atoms with van der Waals surface area (Å²) in [6.07, 6.45) is 0.731. The zero-order valence-corrected chi connectivity index (χ0v) is 12.4. The standard InChI is InChI=1S/C16H21N3O3/c20-10-9-18-5-7-19(8-6-18)16(22)13-11-15(21)17-14-4-2-1-3-12(13)14/h1-4,11,15,17,20-21H,5-10H2. The lowest BCUT2D eigenvalue weighted by Crippen LogP contribution is -2.49. The van der Waals surface area contributed by atoms with E-state index in [4.69, 9.17) is 5.11 Å². The van der Waals surface area contributed by atoms with Crippen molar-refractivity contribution in [2.24, 2.45) is 0 Å². The van der Waals surface area contributed by atoms with E-state index < -0.39 is 6.23 Å². The van der Waals surface area contributed by atoms with Gasteiger partial charge in [-0.25, -0.2) is 0 Å². The Balaban J connectivity index is 1.75. The molecule has 0 spiro atoms. The number of carbonyl (C=O) groups is 1. The van der Waals surface area contributed by atoms with Gasteiger partial charge in [0.25, 0.3) is 5.91 Å². The maximum Gasteiger partial charge on any atom is 0.254 e. The fraction of sp³-hybridized carbons (Fsp3) is 0.438. The van der Waals surface area contributed by atoms with E-state index in [0.29, 0.717) is 25.2 Å². The lowest BCUT2D eigenvalue weighted by atomic mass is 9.98. The average molecular weight is 303 g/mol. The third-order valence-corrected chi connectivity index (χ3v) is 4.15. The highest BCUT2D eigenvalue weighted by molar-refractivity contribution is 6.21. The van der Waals surface area contributed by atoms with Gasteiger partial charge in [-0.15, -0.1) is 0 Å². The van der Waals surface area contributed by atoms with Crippen LogP contribution in [0.25, 0.3) is 5.57 Å². The lowest BCUT2D eigenvalue weighted by molar-refractivity contribution is -0.126. The van der Waals surface area contributed by atoms with Crippen molar-refractivity contribution >= 4 is 17.2 Å². The molecule has 1 aromatic rings. The zero-order valence-electron chi connectivity index (χ0n) is 12.4. The summed E-state index contributed by atoms with van der Waals surface area (Å²) in [7, 11) is 0. The highest BCUT2D eigenvalue weighted by Crippen LogP contribution is 2.30. The first kappa shape index (κ1) is 15.0. The average Bonchev–Trinajstić information content (AvgIpc) is 2.54. The van der Waals surface area contributed by atoms with E-state index in [9.17, 15) is 9.90 Å². The van der Waals surface area contributed by atoms with Gasteiger partial charge in [0.2, 0.25) is 0 Å². The van der Waals surface area contributed by atoms with E-state index in [1.807, 2.05) is 29.2 Å². The predicted molar refractivity (Wildman–Crippen MR) is 84.2 cm³/mol. The van der Waals surface area contributed by atoms with Crippen molar-refractivity contribution in [2.75, 3.05) is 44.6 Å². The Bertz CT molecular complexity index is 580. The molecule has 0 aromatic heterocycles. The molecule has 1 fully saturated rings. The van der Waals surface area contributed by atoms with Gasteiger partial charge in [0.05, 0.1) is 6.61 Å². The van der Waals surface area contributed by atoms with Crippen LogP contribution < -0.4 is 5.32 Å². The molecule has 3 N–H and O–H groups in total. The summed E-state index contributed by atoms with van der Waals surface area (Å²) in [6.45, 7) is 3.61. The number of aliphatic hydroxyl groups is 2. The molecule has 0 radical (unpaired) electrons. The first-order chi connectivity index (χ1) is 10.7. The number of piperazine rings is 1. The van der Waals surface area contributed by atoms with Crippen molar-refractivity contribution in [3.8, 4) is 0 Å². The van der Waals surface area contributed by atoms with Crippen LogP contribution in [0.15, 0.2) is 30.3 Å². The van der Waals surface area contributed by atoms with E-state index in [1.165, 1.54) is 0 Å². The highest BCUT2D eigenvalue weighted by Gasteiger charge is 2.27. The minimum atomic E-state index is -0.843. The maximum atomic E-state index is 12.8. The van der Waals surface area contributed by atoms with Gasteiger partial charge in [-0.1, -0.05) is 18.2 Å². The summed E-state index contributed by atoms with van der Waals surface area (Å²) in [5.74, 6) is -0.0448. The minimum absolute atomic E-state index is 0.0448. The van der Waals surface area contributed by atoms with Crippen LogP contribution in [0.3, 0.4) is 0 Å². The molecule has 22 heavy (non-hydrogen) atoms. The molecule has 118 valence electrons. The van der Waals surface area contributed by atoms with Crippen LogP contribution in [-0.4, -0.2) is 71.5 Å². The normalized spacial score (nSPS) is 21.8. The molecule has 1 unspecified atom stereocenters. The van der Waals surface area contributed by atoms with Crippen molar-refractivity contribution in [2.45, 2.75) is 6.23 Å². The Hall–Kier alpha value is -1.89. The Morgan fingerprint density at radius 3 is 2.68 bits per heavy atom. The molecule has 1 atom stereocenters. The second kappa shape index (κ2) is 6.48. The van der Waals surface area contributed by atoms with Gasteiger partial charge in [-0.3, -0.25) is 9.69 Å². The molecule has 2 aliphatic rings. The molecule has 6 nitrogen and oxygen atoms in total. The number of carbonyl (C=O) groups excluding carboxylic acids is 1. The largest absolute Gasteiger partial charge is 0.395 e. The van der Waals surface area contributed by atoms with Crippen LogP contribution in [0.1, 0.15) is 5.56 Å². The summed E-state index contributed by atoms with van der Waals surface area (Å²) in [6, 6.07) is 7.51. The van der Waals surface area contributed by atoms with Crippen molar-refractivity contribution in [1.82, 2.24) is 9.80 Å². The molecule has 1 saturated heterocycles. The molecule has 1 aromatic carbocycles. The zero-order chi connectivity index (χ0) is 15.5. The van der Waals surface area contributed by atoms with Gasteiger partial charge in [0.15, 0.2) is 0 Å². The molecule has 0 aliphatic carbocycles. The van der Waals surface area contributed by atoms with E-state index >= 15 is 0 Å². The van der Waals surface area contributed by atoms with Crippen LogP contribution in [0, 0.1) is 0 Å². The summed E-state index contributed by atoms with van der Waals surface area (Å²) in [5.41, 5.74) is 2.16. The minimum Gasteiger partial charge on any atom is -0.395 e. The topological polar surface area (TPSA) is 76.0 Å². The molecule has 3 rings (SSSR count). The van der Waals surface area contributed by atoms with E-state index in [0.717, 1.165) is 24.3 Å². The Morgan fingerprint density at radius 2 is 1.95 bits per heavy atom. The third kappa shape index (κ3) is 2.99. The second-order valence-electron chi connectivity index (χ2n) is 5.57. The van der Waals surface area contributed by atoms with Crippen molar-refractivity contribution < 1.29 is 15.0 Å². The fourth-order valence-corrected chi connectivity index (χ4v) is 2.97. The number of hydrogen-bond donors (Lipinski definition) is 3. The monoisotopic (exact) mass is 303 g/mol. The summed E-state index contributed by atoms with van der Waals surface area (Å²) in [4.78, 5) is 16.7. The molecular weight excluding hydrogens is 282 g/mol. The predicted octanol–water partition coefficient (Wildman–Crippen LogP) is -0.0496. The summed E-state index contributed by atoms with van der Waals surface area (Å²) < 4.78 is 0. The van der Waals surface area contributed by atoms with Gasteiger partial charge < -0.3 is 20.4 Å². The van der Waals surface area contributed by atoms with E-state index in [1.54, 1.807) is 6.08 Å². The van der Waals surface area contributed by atoms with Gasteiger partial charge in [-0.2, -0.15) is 0 Å². The number of aliphatic hydroxyl groups excluding tert-OH is 2. The lowest BCUT2D eigenvalue weighted by Gasteiger charge is -2.35. The van der Waals surface area contributed by atoms with Gasteiger partial charge >= 0.3 is 0 Å². The number of amides is 1. The fourth-order valence-electron chi connectivity index (χ4n) is 2.97. The third-order valence-electron chi connectivity index (χ3n) is 4.15. The summed E-state index contributed by atoms with van der Waals surface area (Å²) >= 11 is 0. The molecular formula is C16H21N3O3. The number of benzene rings is 1. The number of para-hydroxylation sites is 1. The number of nitrogens with one attached hydrogen (secondary N) is 1. The van der Waals surface area contributed by atoms with Crippen molar-refractivity contribution in [3.63, 3.8) is 0 Å². The Morgan fingerprint density at radius 1 is 1.23 bits per heavy atom. The number of fused-ring (bicyclic) bond motifs is 1. The van der Waals surface area contributed by atoms with Crippen LogP contribution in [-0.2, 0) is 4.79 Å². The number of rotatable bonds is 3. The summed E-state index contributed by atoms with van der Waals surface area (Å²) in [5, 5.41) is 21.8. The smallest absolute Gasteiger partial charge is 0.254 e. The number of nitrogens with zero attached hydrogens (tertiary/aromatic N) is 2. The molecule has 0 bridgehead atoms. The van der Waals surface area contributed by atoms with E-state index in [-0.39, 0.29) is 12.5 Å². The van der Waals surface area contributed by atoms with Gasteiger partial charge in [0.1, 0.15) is 6.23 Å². The Labute approximate surface area is 129 Å². The Kier molecular flexibility index (Phi) is 4.42. The number of hydrogen-bond acceptors (Lipinski definition) is 5. The molecule has 1 amide bonds. The molecule has 2 aliphatic heterocycles. The van der Waals surface area contributed by atoms with Gasteiger partial charge in [0, 0.05) is 49.5 Å². The molecule has 0 saturated carbocycles. The maximum absolute atomic E-state index is 12.8. The highest BCUT2D eigenvalue weighted by atomic mass is 16.3. The number of β-amino-alcohol motifs (C(OH)–C–C–N with tert-alkyl or cyclic N) is 1. The van der Waals surface area contributed by atoms with Crippen LogP contribution >= 0.6 is 0 Å². The first-order valence-electron chi connectivity index (χ1n) is 7.57. The van der Waals surface area contributed by atoms with Crippen LogP contribution in [0.4, 0.5) is 5.69 Å². The molecule has 2 heterocycles. The van der Waals surface area contributed by atoms with E-state index in [2.05, 4.69) is 10.2 Å². The van der Waals surface area contributed by atoms with Gasteiger partial charge in [-0.05, 0) is 12.1 Å². The quantitative estimate of drug-likeness (QED) is 0.730. The van der Waals surface area contributed by atoms with Crippen molar-refractivity contribution in [1.29, 1.82) is 0 Å². The second-order valence-corrected chi connectivity index (χ2v) is 5.57.